The van der Waals surface area contributed by atoms with Gasteiger partial charge in [0.25, 0.3) is 5.91 Å². The van der Waals surface area contributed by atoms with E-state index in [0.717, 1.165) is 92.6 Å². The molecule has 2 amide bonds. The van der Waals surface area contributed by atoms with Crippen molar-refractivity contribution in [3.63, 3.8) is 0 Å². The Morgan fingerprint density at radius 2 is 1.68 bits per heavy atom. The molecule has 2 unspecified atom stereocenters. The molecule has 3 aromatic rings. The molecular weight excluding hydrogens is 653 g/mol. The third-order valence-electron chi connectivity index (χ3n) is 12.4. The number of sulfonamides is 1. The second-order valence-corrected chi connectivity index (χ2v) is 18.1. The van der Waals surface area contributed by atoms with Crippen molar-refractivity contribution in [3.8, 4) is 17.0 Å². The molecule has 1 aromatic heterocycles. The van der Waals surface area contributed by atoms with Crippen molar-refractivity contribution in [2.24, 2.45) is 22.2 Å². The third-order valence-corrected chi connectivity index (χ3v) is 14.0. The molecule has 2 atom stereocenters. The molecule has 0 radical (unpaired) electrons. The zero-order valence-electron chi connectivity index (χ0n) is 29.6. The van der Waals surface area contributed by atoms with E-state index in [2.05, 4.69) is 31.6 Å². The molecule has 5 aliphatic rings. The number of hydrogen-bond acceptors (Lipinski definition) is 7. The molecule has 2 aromatic carbocycles. The minimum absolute atomic E-state index is 0.0144. The zero-order chi connectivity index (χ0) is 34.9. The fraction of sp³-hybridized carbons (Fsp3) is 0.590. The second kappa shape index (κ2) is 12.4. The van der Waals surface area contributed by atoms with Crippen LogP contribution < -0.4 is 14.8 Å². The first-order chi connectivity index (χ1) is 24.0. The van der Waals surface area contributed by atoms with Crippen LogP contribution >= 0.6 is 0 Å². The molecule has 10 nitrogen and oxygen atoms in total. The number of fused-ring (bicyclic) bond motifs is 1. The van der Waals surface area contributed by atoms with E-state index in [1.807, 2.05) is 38.1 Å². The first-order valence-corrected chi connectivity index (χ1v) is 20.1. The number of rotatable bonds is 10. The predicted octanol–water partition coefficient (Wildman–Crippen LogP) is 5.31. The summed E-state index contributed by atoms with van der Waals surface area (Å²) in [5.74, 6) is 0.458. The minimum atomic E-state index is -3.80. The lowest BCUT2D eigenvalue weighted by Crippen LogP contribution is -2.42. The Hall–Kier alpha value is -3.41. The maximum absolute atomic E-state index is 14.7. The Kier molecular flexibility index (Phi) is 8.34. The summed E-state index contributed by atoms with van der Waals surface area (Å²) in [6.45, 7) is 8.74. The first kappa shape index (κ1) is 33.7. The molecule has 8 rings (SSSR count). The minimum Gasteiger partial charge on any atom is -0.497 e. The highest BCUT2D eigenvalue weighted by atomic mass is 32.2. The number of ether oxygens (including phenoxy) is 2. The van der Waals surface area contributed by atoms with Crippen molar-refractivity contribution in [1.29, 1.82) is 0 Å². The summed E-state index contributed by atoms with van der Waals surface area (Å²) >= 11 is 0. The summed E-state index contributed by atoms with van der Waals surface area (Å²) in [5, 5.41) is 4.65. The molecule has 2 aliphatic carbocycles. The highest BCUT2D eigenvalue weighted by molar-refractivity contribution is 7.90. The van der Waals surface area contributed by atoms with E-state index in [9.17, 15) is 18.0 Å². The molecule has 3 aliphatic heterocycles. The fourth-order valence-electron chi connectivity index (χ4n) is 9.69. The van der Waals surface area contributed by atoms with Crippen LogP contribution in [0.1, 0.15) is 80.6 Å². The van der Waals surface area contributed by atoms with Gasteiger partial charge >= 0.3 is 0 Å². The number of amides is 2. The molecule has 2 saturated carbocycles. The molecule has 5 fully saturated rings. The number of nitrogens with zero attached hydrogens (tertiary/aromatic N) is 2. The molecule has 4 heterocycles. The second-order valence-electron chi connectivity index (χ2n) is 16.3. The highest BCUT2D eigenvalue weighted by Crippen LogP contribution is 2.57. The van der Waals surface area contributed by atoms with E-state index >= 15 is 0 Å². The lowest BCUT2D eigenvalue weighted by Gasteiger charge is -2.28. The standard InChI is InChI=1S/C39H50N4O6S/c1-26(2)18-50(46,47)41-35(44)29-11-14-31-32(17-29)43(34(28-9-12-30(48-3)13-10-28)33(31)27-7-5-4-6-8-27)21-37(15-16-37)36(45)42-22-38-19-40-20-39(38,23-42)25-49-24-38/h9-14,17,26-27,40H,4-8,15-16,18-25H2,1-3H3,(H,41,44). The number of benzene rings is 2. The van der Waals surface area contributed by atoms with Gasteiger partial charge in [0, 0.05) is 60.0 Å². The first-order valence-electron chi connectivity index (χ1n) is 18.4. The van der Waals surface area contributed by atoms with Crippen LogP contribution in [-0.4, -0.2) is 82.0 Å². The number of methoxy groups -OCH3 is 1. The molecular formula is C39H50N4O6S. The summed E-state index contributed by atoms with van der Waals surface area (Å²) in [6.07, 6.45) is 7.32. The summed E-state index contributed by atoms with van der Waals surface area (Å²) in [6, 6.07) is 13.8. The third kappa shape index (κ3) is 5.64. The van der Waals surface area contributed by atoms with Gasteiger partial charge in [-0.05, 0) is 85.0 Å². The predicted molar refractivity (Wildman–Crippen MR) is 193 cm³/mol. The maximum atomic E-state index is 14.7. The van der Waals surface area contributed by atoms with Crippen LogP contribution in [0.25, 0.3) is 22.2 Å². The van der Waals surface area contributed by atoms with Crippen LogP contribution in [0.4, 0.5) is 0 Å². The van der Waals surface area contributed by atoms with E-state index in [0.29, 0.717) is 31.2 Å². The number of hydrogen-bond donors (Lipinski definition) is 2. The molecule has 268 valence electrons. The Morgan fingerprint density at radius 1 is 1.00 bits per heavy atom. The summed E-state index contributed by atoms with van der Waals surface area (Å²) in [5.41, 5.74) is 3.99. The van der Waals surface area contributed by atoms with Gasteiger partial charge in [0.05, 0.1) is 37.2 Å². The van der Waals surface area contributed by atoms with Crippen LogP contribution in [-0.2, 0) is 26.1 Å². The van der Waals surface area contributed by atoms with Crippen molar-refractivity contribution in [2.45, 2.75) is 71.3 Å². The van der Waals surface area contributed by atoms with E-state index in [1.54, 1.807) is 13.2 Å². The van der Waals surface area contributed by atoms with Crippen molar-refractivity contribution < 1.29 is 27.5 Å². The van der Waals surface area contributed by atoms with Crippen LogP contribution in [0.2, 0.25) is 0 Å². The summed E-state index contributed by atoms with van der Waals surface area (Å²) < 4.78 is 41.7. The number of aromatic nitrogens is 1. The topological polar surface area (TPSA) is 119 Å². The molecule has 0 spiro atoms. The van der Waals surface area contributed by atoms with Gasteiger partial charge in [-0.15, -0.1) is 0 Å². The Labute approximate surface area is 295 Å². The molecule has 3 saturated heterocycles. The quantitative estimate of drug-likeness (QED) is 0.294. The number of likely N-dealkylation sites (tertiary alicyclic amines) is 1. The van der Waals surface area contributed by atoms with Gasteiger partial charge < -0.3 is 24.3 Å². The maximum Gasteiger partial charge on any atom is 0.264 e. The highest BCUT2D eigenvalue weighted by Gasteiger charge is 2.66. The van der Waals surface area contributed by atoms with Gasteiger partial charge in [-0.1, -0.05) is 39.2 Å². The Bertz CT molecular complexity index is 1890. The van der Waals surface area contributed by atoms with E-state index < -0.39 is 21.3 Å². The van der Waals surface area contributed by atoms with Gasteiger partial charge in [0.2, 0.25) is 15.9 Å². The van der Waals surface area contributed by atoms with Gasteiger partial charge in [0.15, 0.2) is 0 Å². The van der Waals surface area contributed by atoms with Gasteiger partial charge in [0.1, 0.15) is 5.75 Å². The van der Waals surface area contributed by atoms with Crippen molar-refractivity contribution in [2.75, 3.05) is 52.3 Å². The monoisotopic (exact) mass is 702 g/mol. The SMILES string of the molecule is COc1ccc(-c2c(C3CCCCC3)c3ccc(C(=O)NS(=O)(=O)CC(C)C)cc3n2CC2(C(=O)N3CC45CNCC4(COC5)C3)CC2)cc1. The average Bonchev–Trinajstić information content (AvgIpc) is 3.35. The van der Waals surface area contributed by atoms with Crippen molar-refractivity contribution in [1.82, 2.24) is 19.5 Å². The smallest absolute Gasteiger partial charge is 0.264 e. The molecule has 0 bridgehead atoms. The Balaban J connectivity index is 1.23. The van der Waals surface area contributed by atoms with Gasteiger partial charge in [-0.3, -0.25) is 9.59 Å². The van der Waals surface area contributed by atoms with Crippen LogP contribution in [0.3, 0.4) is 0 Å². The Morgan fingerprint density at radius 3 is 2.30 bits per heavy atom. The summed E-state index contributed by atoms with van der Waals surface area (Å²) in [4.78, 5) is 30.3. The van der Waals surface area contributed by atoms with Gasteiger partial charge in [-0.2, -0.15) is 0 Å². The van der Waals surface area contributed by atoms with E-state index in [1.165, 1.54) is 12.0 Å². The van der Waals surface area contributed by atoms with Gasteiger partial charge in [-0.25, -0.2) is 13.1 Å². The number of carbonyl (C=O) groups is 2. The molecule has 2 N–H and O–H groups in total. The average molecular weight is 703 g/mol. The lowest BCUT2D eigenvalue weighted by atomic mass is 9.71. The van der Waals surface area contributed by atoms with Crippen LogP contribution in [0, 0.1) is 22.2 Å². The molecule has 50 heavy (non-hydrogen) atoms. The van der Waals surface area contributed by atoms with E-state index in [-0.39, 0.29) is 28.4 Å². The zero-order valence-corrected chi connectivity index (χ0v) is 30.4. The number of carbonyl (C=O) groups excluding carboxylic acids is 2. The normalized spacial score (nSPS) is 26.0. The largest absolute Gasteiger partial charge is 0.497 e. The molecule has 11 heteroatoms. The summed E-state index contributed by atoms with van der Waals surface area (Å²) in [7, 11) is -2.13. The fourth-order valence-corrected chi connectivity index (χ4v) is 11.1. The van der Waals surface area contributed by atoms with E-state index in [4.69, 9.17) is 9.47 Å². The van der Waals surface area contributed by atoms with Crippen LogP contribution in [0.5, 0.6) is 5.75 Å². The van der Waals surface area contributed by atoms with Crippen molar-refractivity contribution in [3.05, 3.63) is 53.6 Å². The van der Waals surface area contributed by atoms with Crippen LogP contribution in [0.15, 0.2) is 42.5 Å². The van der Waals surface area contributed by atoms with Crippen molar-refractivity contribution >= 4 is 32.7 Å². The lowest BCUT2D eigenvalue weighted by molar-refractivity contribution is -0.137. The number of nitrogens with one attached hydrogen (secondary N) is 2.